The molecule has 1 heterocycles. The molecule has 0 aromatic carbocycles. The SMILES string of the molecule is CC[C@H](N)C(=O)Nc1ccnn1C(C)C. The van der Waals surface area contributed by atoms with Crippen LogP contribution in [0.2, 0.25) is 0 Å². The van der Waals surface area contributed by atoms with E-state index >= 15 is 0 Å². The Kier molecular flexibility index (Phi) is 3.85. The summed E-state index contributed by atoms with van der Waals surface area (Å²) in [4.78, 5) is 11.5. The highest BCUT2D eigenvalue weighted by Gasteiger charge is 2.14. The molecule has 0 bridgehead atoms. The number of nitrogens with zero attached hydrogens (tertiary/aromatic N) is 2. The topological polar surface area (TPSA) is 72.9 Å². The Hall–Kier alpha value is -1.36. The van der Waals surface area contributed by atoms with Crippen LogP contribution in [0, 0.1) is 0 Å². The summed E-state index contributed by atoms with van der Waals surface area (Å²) in [5.74, 6) is 0.527. The van der Waals surface area contributed by atoms with Gasteiger partial charge in [0.15, 0.2) is 0 Å². The predicted molar refractivity (Wildman–Crippen MR) is 59.5 cm³/mol. The summed E-state index contributed by atoms with van der Waals surface area (Å²) in [6.07, 6.45) is 2.29. The van der Waals surface area contributed by atoms with Gasteiger partial charge < -0.3 is 11.1 Å². The average molecular weight is 210 g/mol. The smallest absolute Gasteiger partial charge is 0.242 e. The van der Waals surface area contributed by atoms with Gasteiger partial charge in [-0.25, -0.2) is 4.68 Å². The van der Waals surface area contributed by atoms with Crippen molar-refractivity contribution in [3.63, 3.8) is 0 Å². The molecule has 15 heavy (non-hydrogen) atoms. The molecule has 0 unspecified atom stereocenters. The molecule has 1 aromatic rings. The van der Waals surface area contributed by atoms with Crippen molar-refractivity contribution in [1.82, 2.24) is 9.78 Å². The first-order chi connectivity index (χ1) is 7.06. The van der Waals surface area contributed by atoms with Crippen LogP contribution in [0.5, 0.6) is 0 Å². The summed E-state index contributed by atoms with van der Waals surface area (Å²) in [7, 11) is 0. The van der Waals surface area contributed by atoms with E-state index in [1.807, 2.05) is 20.8 Å². The van der Waals surface area contributed by atoms with Crippen LogP contribution in [0.3, 0.4) is 0 Å². The molecule has 0 saturated carbocycles. The Morgan fingerprint density at radius 3 is 2.87 bits per heavy atom. The maximum absolute atomic E-state index is 11.5. The Morgan fingerprint density at radius 1 is 1.67 bits per heavy atom. The van der Waals surface area contributed by atoms with E-state index in [4.69, 9.17) is 5.73 Å². The minimum Gasteiger partial charge on any atom is -0.320 e. The van der Waals surface area contributed by atoms with Crippen LogP contribution in [0.25, 0.3) is 0 Å². The fraction of sp³-hybridized carbons (Fsp3) is 0.600. The van der Waals surface area contributed by atoms with Gasteiger partial charge in [0.25, 0.3) is 0 Å². The Labute approximate surface area is 89.6 Å². The van der Waals surface area contributed by atoms with E-state index in [0.717, 1.165) is 0 Å². The molecule has 3 N–H and O–H groups in total. The van der Waals surface area contributed by atoms with E-state index in [1.165, 1.54) is 0 Å². The zero-order valence-corrected chi connectivity index (χ0v) is 9.40. The van der Waals surface area contributed by atoms with E-state index in [1.54, 1.807) is 16.9 Å². The maximum Gasteiger partial charge on any atom is 0.242 e. The van der Waals surface area contributed by atoms with Crippen LogP contribution in [0.4, 0.5) is 5.82 Å². The minimum absolute atomic E-state index is 0.167. The third-order valence-electron chi connectivity index (χ3n) is 2.19. The minimum atomic E-state index is -0.458. The highest BCUT2D eigenvalue weighted by Crippen LogP contribution is 2.13. The van der Waals surface area contributed by atoms with Crippen molar-refractivity contribution in [1.29, 1.82) is 0 Å². The molecule has 5 heteroatoms. The maximum atomic E-state index is 11.5. The van der Waals surface area contributed by atoms with Crippen LogP contribution < -0.4 is 11.1 Å². The molecule has 0 aliphatic rings. The molecule has 84 valence electrons. The van der Waals surface area contributed by atoms with Gasteiger partial charge in [-0.05, 0) is 20.3 Å². The molecule has 0 saturated heterocycles. The average Bonchev–Trinajstić information content (AvgIpc) is 2.64. The van der Waals surface area contributed by atoms with Crippen molar-refractivity contribution in [2.75, 3.05) is 5.32 Å². The fourth-order valence-corrected chi connectivity index (χ4v) is 1.23. The van der Waals surface area contributed by atoms with Gasteiger partial charge in [0, 0.05) is 12.1 Å². The zero-order chi connectivity index (χ0) is 11.4. The summed E-state index contributed by atoms with van der Waals surface area (Å²) in [5.41, 5.74) is 5.62. The molecule has 0 spiro atoms. The van der Waals surface area contributed by atoms with Gasteiger partial charge in [-0.2, -0.15) is 5.10 Å². The van der Waals surface area contributed by atoms with Crippen molar-refractivity contribution in [3.05, 3.63) is 12.3 Å². The van der Waals surface area contributed by atoms with Crippen molar-refractivity contribution >= 4 is 11.7 Å². The van der Waals surface area contributed by atoms with Crippen molar-refractivity contribution in [3.8, 4) is 0 Å². The van der Waals surface area contributed by atoms with Crippen LogP contribution >= 0.6 is 0 Å². The summed E-state index contributed by atoms with van der Waals surface area (Å²) in [5, 5.41) is 6.87. The second-order valence-corrected chi connectivity index (χ2v) is 3.76. The van der Waals surface area contributed by atoms with Crippen molar-refractivity contribution < 1.29 is 4.79 Å². The fourth-order valence-electron chi connectivity index (χ4n) is 1.23. The molecule has 1 rings (SSSR count). The van der Waals surface area contributed by atoms with Gasteiger partial charge in [-0.3, -0.25) is 4.79 Å². The molecular formula is C10H18N4O. The van der Waals surface area contributed by atoms with Crippen molar-refractivity contribution in [2.45, 2.75) is 39.3 Å². The highest BCUT2D eigenvalue weighted by atomic mass is 16.2. The molecular weight excluding hydrogens is 192 g/mol. The lowest BCUT2D eigenvalue weighted by Gasteiger charge is -2.13. The number of rotatable bonds is 4. The van der Waals surface area contributed by atoms with Gasteiger partial charge in [0.1, 0.15) is 5.82 Å². The van der Waals surface area contributed by atoms with E-state index in [-0.39, 0.29) is 11.9 Å². The second-order valence-electron chi connectivity index (χ2n) is 3.76. The number of carbonyl (C=O) groups excluding carboxylic acids is 1. The van der Waals surface area contributed by atoms with Crippen LogP contribution in [0.1, 0.15) is 33.2 Å². The summed E-state index contributed by atoms with van der Waals surface area (Å²) in [6.45, 7) is 5.88. The molecule has 1 amide bonds. The van der Waals surface area contributed by atoms with Crippen LogP contribution in [-0.4, -0.2) is 21.7 Å². The summed E-state index contributed by atoms with van der Waals surface area (Å²) < 4.78 is 1.75. The Morgan fingerprint density at radius 2 is 2.33 bits per heavy atom. The molecule has 0 aliphatic heterocycles. The molecule has 1 atom stereocenters. The Bertz CT molecular complexity index is 332. The second kappa shape index (κ2) is 4.93. The lowest BCUT2D eigenvalue weighted by atomic mass is 10.2. The summed E-state index contributed by atoms with van der Waals surface area (Å²) in [6, 6.07) is 1.52. The van der Waals surface area contributed by atoms with Crippen LogP contribution in [-0.2, 0) is 4.79 Å². The third kappa shape index (κ3) is 2.79. The third-order valence-corrected chi connectivity index (χ3v) is 2.19. The quantitative estimate of drug-likeness (QED) is 0.782. The van der Waals surface area contributed by atoms with Crippen molar-refractivity contribution in [2.24, 2.45) is 5.73 Å². The first kappa shape index (κ1) is 11.7. The lowest BCUT2D eigenvalue weighted by molar-refractivity contribution is -0.117. The van der Waals surface area contributed by atoms with Crippen LogP contribution in [0.15, 0.2) is 12.3 Å². The molecule has 0 fully saturated rings. The molecule has 0 radical (unpaired) electrons. The van der Waals surface area contributed by atoms with Gasteiger partial charge in [-0.15, -0.1) is 0 Å². The molecule has 5 nitrogen and oxygen atoms in total. The number of nitrogens with one attached hydrogen (secondary N) is 1. The van der Waals surface area contributed by atoms with E-state index in [2.05, 4.69) is 10.4 Å². The number of anilines is 1. The molecule has 1 aromatic heterocycles. The summed E-state index contributed by atoms with van der Waals surface area (Å²) >= 11 is 0. The number of aromatic nitrogens is 2. The van der Waals surface area contributed by atoms with Gasteiger partial charge >= 0.3 is 0 Å². The zero-order valence-electron chi connectivity index (χ0n) is 9.40. The lowest BCUT2D eigenvalue weighted by Crippen LogP contribution is -2.35. The highest BCUT2D eigenvalue weighted by molar-refractivity contribution is 5.93. The number of nitrogens with two attached hydrogens (primary N) is 1. The number of hydrogen-bond acceptors (Lipinski definition) is 3. The number of hydrogen-bond donors (Lipinski definition) is 2. The Balaban J connectivity index is 2.72. The van der Waals surface area contributed by atoms with Gasteiger partial charge in [-0.1, -0.05) is 6.92 Å². The monoisotopic (exact) mass is 210 g/mol. The first-order valence-corrected chi connectivity index (χ1v) is 5.16. The van der Waals surface area contributed by atoms with Gasteiger partial charge in [0.05, 0.1) is 12.2 Å². The standard InChI is InChI=1S/C10H18N4O/c1-4-8(11)10(15)13-9-5-6-12-14(9)7(2)3/h5-8H,4,11H2,1-3H3,(H,13,15)/t8-/m0/s1. The first-order valence-electron chi connectivity index (χ1n) is 5.16. The molecule has 0 aliphatic carbocycles. The predicted octanol–water partition coefficient (Wildman–Crippen LogP) is 1.14. The van der Waals surface area contributed by atoms with Gasteiger partial charge in [0.2, 0.25) is 5.91 Å². The van der Waals surface area contributed by atoms with E-state index in [0.29, 0.717) is 12.2 Å². The normalized spacial score (nSPS) is 12.9. The largest absolute Gasteiger partial charge is 0.320 e. The van der Waals surface area contributed by atoms with E-state index < -0.39 is 6.04 Å². The van der Waals surface area contributed by atoms with E-state index in [9.17, 15) is 4.79 Å². The number of amides is 1. The number of carbonyl (C=O) groups is 1.